The highest BCUT2D eigenvalue weighted by atomic mass is 16.6. The van der Waals surface area contributed by atoms with Crippen LogP contribution in [0, 0.1) is 0 Å². The summed E-state index contributed by atoms with van der Waals surface area (Å²) >= 11 is 0. The number of rotatable bonds is 6. The number of unbranched alkanes of at least 4 members (excludes halogenated alkanes) is 2. The van der Waals surface area contributed by atoms with Crippen molar-refractivity contribution in [3.63, 3.8) is 0 Å². The van der Waals surface area contributed by atoms with Gasteiger partial charge in [-0.15, -0.1) is 0 Å². The van der Waals surface area contributed by atoms with Crippen LogP contribution in [0.3, 0.4) is 0 Å². The Morgan fingerprint density at radius 2 is 2.04 bits per heavy atom. The van der Waals surface area contributed by atoms with E-state index < -0.39 is 0 Å². The molecule has 2 unspecified atom stereocenters. The van der Waals surface area contributed by atoms with Gasteiger partial charge in [0.2, 0.25) is 0 Å². The minimum atomic E-state index is -0.141. The van der Waals surface area contributed by atoms with Crippen LogP contribution in [0.15, 0.2) is 42.0 Å². The van der Waals surface area contributed by atoms with Crippen LogP contribution in [-0.4, -0.2) is 23.1 Å². The summed E-state index contributed by atoms with van der Waals surface area (Å²) in [4.78, 5) is 14.6. The Bertz CT molecular complexity index is 566. The molecule has 1 aromatic carbocycles. The van der Waals surface area contributed by atoms with E-state index in [2.05, 4.69) is 13.0 Å². The first-order chi connectivity index (χ1) is 11.8. The fourth-order valence-corrected chi connectivity index (χ4v) is 3.98. The molecule has 0 radical (unpaired) electrons. The Morgan fingerprint density at radius 1 is 1.21 bits per heavy atom. The molecule has 24 heavy (non-hydrogen) atoms. The predicted molar refractivity (Wildman–Crippen MR) is 96.7 cm³/mol. The average molecular weight is 327 g/mol. The van der Waals surface area contributed by atoms with E-state index in [1.165, 1.54) is 32.1 Å². The quantitative estimate of drug-likeness (QED) is 0.513. The largest absolute Gasteiger partial charge is 0.445 e. The number of nitrogens with zero attached hydrogens (tertiary/aromatic N) is 1. The lowest BCUT2D eigenvalue weighted by atomic mass is 9.84. The summed E-state index contributed by atoms with van der Waals surface area (Å²) in [6, 6.07) is 10.5. The van der Waals surface area contributed by atoms with Crippen molar-refractivity contribution in [2.75, 3.05) is 0 Å². The molecule has 3 rings (SSSR count). The van der Waals surface area contributed by atoms with Crippen LogP contribution in [-0.2, 0) is 11.3 Å². The van der Waals surface area contributed by atoms with Gasteiger partial charge in [-0.1, -0.05) is 61.7 Å². The number of piperidine rings is 1. The molecule has 130 valence electrons. The zero-order valence-electron chi connectivity index (χ0n) is 14.7. The van der Waals surface area contributed by atoms with E-state index in [0.717, 1.165) is 24.8 Å². The van der Waals surface area contributed by atoms with Crippen molar-refractivity contribution in [1.29, 1.82) is 0 Å². The average Bonchev–Trinajstić information content (AvgIpc) is 2.60. The molecule has 2 bridgehead atoms. The van der Waals surface area contributed by atoms with Crippen molar-refractivity contribution in [2.45, 2.75) is 77.0 Å². The molecule has 2 aliphatic heterocycles. The van der Waals surface area contributed by atoms with E-state index in [4.69, 9.17) is 4.74 Å². The summed E-state index contributed by atoms with van der Waals surface area (Å²) < 4.78 is 5.60. The molecule has 2 aliphatic rings. The zero-order chi connectivity index (χ0) is 16.8. The van der Waals surface area contributed by atoms with E-state index >= 15 is 0 Å². The topological polar surface area (TPSA) is 29.5 Å². The molecule has 1 fully saturated rings. The van der Waals surface area contributed by atoms with E-state index in [0.29, 0.717) is 12.6 Å². The Labute approximate surface area is 145 Å². The molecule has 2 atom stereocenters. The van der Waals surface area contributed by atoms with Crippen LogP contribution in [0.2, 0.25) is 0 Å². The number of hydrogen-bond donors (Lipinski definition) is 0. The molecule has 0 spiro atoms. The number of fused-ring (bicyclic) bond motifs is 2. The molecule has 3 nitrogen and oxygen atoms in total. The predicted octanol–water partition coefficient (Wildman–Crippen LogP) is 5.46. The third-order valence-corrected chi connectivity index (χ3v) is 5.23. The third-order valence-electron chi connectivity index (χ3n) is 5.23. The van der Waals surface area contributed by atoms with E-state index in [-0.39, 0.29) is 12.1 Å². The second-order valence-corrected chi connectivity index (χ2v) is 7.09. The highest BCUT2D eigenvalue weighted by Crippen LogP contribution is 2.35. The molecule has 2 heterocycles. The fraction of sp³-hybridized carbons (Fsp3) is 0.571. The van der Waals surface area contributed by atoms with Crippen LogP contribution >= 0.6 is 0 Å². The first-order valence-corrected chi connectivity index (χ1v) is 9.46. The first-order valence-electron chi connectivity index (χ1n) is 9.46. The molecular weight excluding hydrogens is 298 g/mol. The fourth-order valence-electron chi connectivity index (χ4n) is 3.98. The van der Waals surface area contributed by atoms with Gasteiger partial charge in [-0.3, -0.25) is 4.90 Å². The second kappa shape index (κ2) is 8.36. The molecule has 0 aliphatic carbocycles. The first kappa shape index (κ1) is 17.1. The zero-order valence-corrected chi connectivity index (χ0v) is 14.7. The number of hydrogen-bond acceptors (Lipinski definition) is 2. The monoisotopic (exact) mass is 327 g/mol. The lowest BCUT2D eigenvalue weighted by molar-refractivity contribution is 0.0479. The Hall–Kier alpha value is -1.77. The van der Waals surface area contributed by atoms with Gasteiger partial charge in [-0.2, -0.15) is 0 Å². The van der Waals surface area contributed by atoms with Crippen molar-refractivity contribution < 1.29 is 9.53 Å². The Morgan fingerprint density at radius 3 is 2.79 bits per heavy atom. The summed E-state index contributed by atoms with van der Waals surface area (Å²) in [6.07, 6.45) is 11.7. The third kappa shape index (κ3) is 4.19. The maximum Gasteiger partial charge on any atom is 0.410 e. The minimum Gasteiger partial charge on any atom is -0.445 e. The van der Waals surface area contributed by atoms with Gasteiger partial charge in [0, 0.05) is 6.04 Å². The maximum atomic E-state index is 12.6. The normalized spacial score (nSPS) is 22.9. The summed E-state index contributed by atoms with van der Waals surface area (Å²) in [5.41, 5.74) is 2.61. The van der Waals surface area contributed by atoms with Crippen LogP contribution in [0.4, 0.5) is 4.79 Å². The summed E-state index contributed by atoms with van der Waals surface area (Å²) in [7, 11) is 0. The number of ether oxygens (including phenoxy) is 1. The van der Waals surface area contributed by atoms with Gasteiger partial charge in [0.05, 0.1) is 6.04 Å². The van der Waals surface area contributed by atoms with Crippen LogP contribution < -0.4 is 0 Å². The van der Waals surface area contributed by atoms with Crippen molar-refractivity contribution in [3.8, 4) is 0 Å². The Kier molecular flexibility index (Phi) is 5.95. The van der Waals surface area contributed by atoms with Crippen molar-refractivity contribution in [3.05, 3.63) is 47.5 Å². The number of carbonyl (C=O) groups is 1. The summed E-state index contributed by atoms with van der Waals surface area (Å²) in [5.74, 6) is 0. The molecule has 0 saturated carbocycles. The van der Waals surface area contributed by atoms with Gasteiger partial charge in [0.1, 0.15) is 6.61 Å². The van der Waals surface area contributed by atoms with Crippen LogP contribution in [0.25, 0.3) is 0 Å². The van der Waals surface area contributed by atoms with Crippen molar-refractivity contribution in [1.82, 2.24) is 4.90 Å². The smallest absolute Gasteiger partial charge is 0.410 e. The van der Waals surface area contributed by atoms with E-state index in [1.807, 2.05) is 35.2 Å². The van der Waals surface area contributed by atoms with E-state index in [9.17, 15) is 4.79 Å². The molecule has 1 aromatic rings. The number of benzene rings is 1. The lowest BCUT2D eigenvalue weighted by Gasteiger charge is -2.44. The van der Waals surface area contributed by atoms with E-state index in [1.54, 1.807) is 5.57 Å². The molecule has 1 saturated heterocycles. The second-order valence-electron chi connectivity index (χ2n) is 7.09. The SMILES string of the molecule is CCCCCC1=CC2CCCC(C1)N2C(=O)OCc1ccccc1. The van der Waals surface area contributed by atoms with Crippen LogP contribution in [0.5, 0.6) is 0 Å². The van der Waals surface area contributed by atoms with Gasteiger partial charge in [0.15, 0.2) is 0 Å². The minimum absolute atomic E-state index is 0.141. The highest BCUT2D eigenvalue weighted by Gasteiger charge is 2.37. The highest BCUT2D eigenvalue weighted by molar-refractivity contribution is 5.69. The van der Waals surface area contributed by atoms with Crippen molar-refractivity contribution >= 4 is 6.09 Å². The molecule has 3 heteroatoms. The Balaban J connectivity index is 1.60. The molecule has 1 amide bonds. The lowest BCUT2D eigenvalue weighted by Crippen LogP contribution is -2.51. The van der Waals surface area contributed by atoms with Crippen LogP contribution in [0.1, 0.15) is 63.9 Å². The van der Waals surface area contributed by atoms with Gasteiger partial charge in [0.25, 0.3) is 0 Å². The van der Waals surface area contributed by atoms with Gasteiger partial charge in [-0.25, -0.2) is 4.79 Å². The van der Waals surface area contributed by atoms with Gasteiger partial charge < -0.3 is 4.74 Å². The van der Waals surface area contributed by atoms with Crippen molar-refractivity contribution in [2.24, 2.45) is 0 Å². The summed E-state index contributed by atoms with van der Waals surface area (Å²) in [6.45, 7) is 2.61. The molecule has 0 aromatic heterocycles. The molecular formula is C21H29NO2. The summed E-state index contributed by atoms with van der Waals surface area (Å²) in [5, 5.41) is 0. The standard InChI is InChI=1S/C21H29NO2/c1-2-3-5-11-18-14-19-12-8-13-20(15-18)22(19)21(23)24-16-17-9-6-4-7-10-17/h4,6-7,9-10,14,19-20H,2-3,5,8,11-13,15-16H2,1H3. The number of carbonyl (C=O) groups excluding carboxylic acids is 1. The molecule has 0 N–H and O–H groups in total. The maximum absolute atomic E-state index is 12.6. The van der Waals surface area contributed by atoms with Gasteiger partial charge in [-0.05, 0) is 44.1 Å². The van der Waals surface area contributed by atoms with Gasteiger partial charge >= 0.3 is 6.09 Å². The number of amides is 1.